The first-order valence-corrected chi connectivity index (χ1v) is 6.17. The minimum absolute atomic E-state index is 0. The summed E-state index contributed by atoms with van der Waals surface area (Å²) in [7, 11) is 5.50. The Morgan fingerprint density at radius 2 is 2.25 bits per heavy atom. The van der Waals surface area contributed by atoms with Crippen LogP contribution in [0.2, 0.25) is 0 Å². The standard InChI is InChI=1S/C13H11BF2N2O2.H2/c14-7-2-1-6-10(11(7)16)13(3-8(13)15)5-18(12(6)20)4-9(17)19;/h1-2,8H,3-5H2,(H2,17,19);1H. The fourth-order valence-corrected chi connectivity index (χ4v) is 2.92. The summed E-state index contributed by atoms with van der Waals surface area (Å²) in [6.45, 7) is -0.359. The smallest absolute Gasteiger partial charge is 0.254 e. The van der Waals surface area contributed by atoms with Crippen molar-refractivity contribution in [3.8, 4) is 0 Å². The molecule has 1 aromatic rings. The zero-order valence-electron chi connectivity index (χ0n) is 10.5. The number of benzene rings is 1. The lowest BCUT2D eigenvalue weighted by molar-refractivity contribution is -0.118. The van der Waals surface area contributed by atoms with Crippen molar-refractivity contribution in [1.29, 1.82) is 0 Å². The predicted octanol–water partition coefficient (Wildman–Crippen LogP) is -0.214. The Kier molecular flexibility index (Phi) is 2.64. The number of halogens is 2. The van der Waals surface area contributed by atoms with Gasteiger partial charge in [0, 0.05) is 19.1 Å². The SMILES string of the molecule is [B]c1ccc2c(c1F)C1(CC1F)CN(CC(N)=O)C2=O.[HH]. The van der Waals surface area contributed by atoms with Crippen LogP contribution in [0.25, 0.3) is 0 Å². The molecule has 1 aromatic carbocycles. The molecule has 0 saturated heterocycles. The molecule has 2 unspecified atom stereocenters. The molecule has 0 aromatic heterocycles. The van der Waals surface area contributed by atoms with E-state index >= 15 is 0 Å². The second kappa shape index (κ2) is 4.04. The normalized spacial score (nSPS) is 27.6. The van der Waals surface area contributed by atoms with Crippen LogP contribution in [0.4, 0.5) is 8.78 Å². The largest absolute Gasteiger partial charge is 0.368 e. The van der Waals surface area contributed by atoms with Crippen LogP contribution < -0.4 is 11.2 Å². The van der Waals surface area contributed by atoms with Crippen molar-refractivity contribution in [2.75, 3.05) is 13.1 Å². The van der Waals surface area contributed by atoms with Gasteiger partial charge in [0.2, 0.25) is 5.91 Å². The Morgan fingerprint density at radius 3 is 2.80 bits per heavy atom. The first kappa shape index (κ1) is 13.1. The van der Waals surface area contributed by atoms with Crippen molar-refractivity contribution < 1.29 is 19.8 Å². The molecule has 1 aliphatic heterocycles. The van der Waals surface area contributed by atoms with Crippen LogP contribution >= 0.6 is 0 Å². The average Bonchev–Trinajstić information content (AvgIpc) is 2.99. The van der Waals surface area contributed by atoms with E-state index in [-0.39, 0.29) is 37.5 Å². The molecular weight excluding hydrogens is 265 g/mol. The Bertz CT molecular complexity index is 643. The number of nitrogens with two attached hydrogens (primary N) is 1. The lowest BCUT2D eigenvalue weighted by Crippen LogP contribution is -2.48. The molecule has 104 valence electrons. The van der Waals surface area contributed by atoms with Gasteiger partial charge in [0.05, 0.1) is 12.0 Å². The highest BCUT2D eigenvalue weighted by Gasteiger charge is 2.62. The van der Waals surface area contributed by atoms with Gasteiger partial charge in [0.1, 0.15) is 19.8 Å². The number of hydrogen-bond acceptors (Lipinski definition) is 2. The fraction of sp³-hybridized carbons (Fsp3) is 0.385. The first-order chi connectivity index (χ1) is 9.36. The second-order valence-corrected chi connectivity index (χ2v) is 5.35. The van der Waals surface area contributed by atoms with Gasteiger partial charge in [-0.15, -0.1) is 0 Å². The van der Waals surface area contributed by atoms with E-state index in [0.29, 0.717) is 0 Å². The van der Waals surface area contributed by atoms with Gasteiger partial charge in [0.25, 0.3) is 5.91 Å². The zero-order chi connectivity index (χ0) is 14.7. The molecule has 20 heavy (non-hydrogen) atoms. The van der Waals surface area contributed by atoms with Crippen molar-refractivity contribution in [1.82, 2.24) is 4.90 Å². The fourth-order valence-electron chi connectivity index (χ4n) is 2.92. The van der Waals surface area contributed by atoms with E-state index in [2.05, 4.69) is 0 Å². The Labute approximate surface area is 116 Å². The predicted molar refractivity (Wildman–Crippen MR) is 70.2 cm³/mol. The van der Waals surface area contributed by atoms with Crippen molar-refractivity contribution in [3.63, 3.8) is 0 Å². The maximum absolute atomic E-state index is 14.2. The number of carbonyl (C=O) groups excluding carboxylic acids is 2. The van der Waals surface area contributed by atoms with Crippen LogP contribution in [0.5, 0.6) is 0 Å². The van der Waals surface area contributed by atoms with Gasteiger partial charge in [-0.2, -0.15) is 0 Å². The number of nitrogens with zero attached hydrogens (tertiary/aromatic N) is 1. The lowest BCUT2D eigenvalue weighted by atomic mass is 9.81. The molecule has 3 rings (SSSR count). The molecule has 4 nitrogen and oxygen atoms in total. The number of alkyl halides is 1. The highest BCUT2D eigenvalue weighted by Crippen LogP contribution is 2.54. The van der Waals surface area contributed by atoms with E-state index in [1.165, 1.54) is 17.0 Å². The highest BCUT2D eigenvalue weighted by atomic mass is 19.1. The molecule has 1 fully saturated rings. The van der Waals surface area contributed by atoms with E-state index < -0.39 is 29.2 Å². The third-order valence-electron chi connectivity index (χ3n) is 3.99. The number of amides is 2. The summed E-state index contributed by atoms with van der Waals surface area (Å²) in [6.07, 6.45) is -1.14. The van der Waals surface area contributed by atoms with Gasteiger partial charge in [-0.1, -0.05) is 11.5 Å². The summed E-state index contributed by atoms with van der Waals surface area (Å²) in [4.78, 5) is 24.4. The minimum atomic E-state index is -1.25. The van der Waals surface area contributed by atoms with E-state index in [1.807, 2.05) is 0 Å². The molecule has 7 heteroatoms. The van der Waals surface area contributed by atoms with E-state index in [9.17, 15) is 18.4 Å². The molecule has 1 aliphatic carbocycles. The van der Waals surface area contributed by atoms with E-state index in [1.54, 1.807) is 0 Å². The van der Waals surface area contributed by atoms with Crippen molar-refractivity contribution in [2.24, 2.45) is 5.73 Å². The first-order valence-electron chi connectivity index (χ1n) is 6.17. The van der Waals surface area contributed by atoms with Crippen LogP contribution in [-0.2, 0) is 10.2 Å². The molecule has 2 atom stereocenters. The third kappa shape index (κ3) is 1.65. The molecule has 2 radical (unpaired) electrons. The number of carbonyl (C=O) groups is 2. The maximum atomic E-state index is 14.2. The maximum Gasteiger partial charge on any atom is 0.254 e. The van der Waals surface area contributed by atoms with Crippen molar-refractivity contribution >= 4 is 25.1 Å². The molecule has 2 N–H and O–H groups in total. The number of fused-ring (bicyclic) bond motifs is 2. The van der Waals surface area contributed by atoms with Gasteiger partial charge in [0.15, 0.2) is 0 Å². The van der Waals surface area contributed by atoms with Gasteiger partial charge in [-0.25, -0.2) is 8.78 Å². The van der Waals surface area contributed by atoms with Crippen molar-refractivity contribution in [2.45, 2.75) is 18.0 Å². The summed E-state index contributed by atoms with van der Waals surface area (Å²) in [5.74, 6) is -1.96. The minimum Gasteiger partial charge on any atom is -0.368 e. The Morgan fingerprint density at radius 1 is 1.60 bits per heavy atom. The molecule has 1 saturated carbocycles. The van der Waals surface area contributed by atoms with Crippen LogP contribution in [0.3, 0.4) is 0 Å². The summed E-state index contributed by atoms with van der Waals surface area (Å²) in [6, 6.07) is 2.64. The molecule has 2 amide bonds. The lowest BCUT2D eigenvalue weighted by Gasteiger charge is -2.34. The van der Waals surface area contributed by atoms with Crippen LogP contribution in [0, 0.1) is 5.82 Å². The van der Waals surface area contributed by atoms with Gasteiger partial charge < -0.3 is 10.6 Å². The highest BCUT2D eigenvalue weighted by molar-refractivity contribution is 6.32. The quantitative estimate of drug-likeness (QED) is 0.761. The van der Waals surface area contributed by atoms with E-state index in [0.717, 1.165) is 0 Å². The molecule has 1 heterocycles. The summed E-state index contributed by atoms with van der Waals surface area (Å²) in [5.41, 5.74) is 3.98. The van der Waals surface area contributed by atoms with Gasteiger partial charge in [-0.05, 0) is 12.5 Å². The third-order valence-corrected chi connectivity index (χ3v) is 3.99. The Balaban J connectivity index is 0.00000161. The van der Waals surface area contributed by atoms with Crippen molar-refractivity contribution in [3.05, 3.63) is 29.1 Å². The molecule has 0 bridgehead atoms. The summed E-state index contributed by atoms with van der Waals surface area (Å²) in [5, 5.41) is 0. The van der Waals surface area contributed by atoms with Crippen LogP contribution in [0.1, 0.15) is 23.8 Å². The number of hydrogen-bond donors (Lipinski definition) is 1. The topological polar surface area (TPSA) is 63.4 Å². The number of rotatable bonds is 2. The second-order valence-electron chi connectivity index (χ2n) is 5.35. The molecular formula is C13H13BF2N2O2. The van der Waals surface area contributed by atoms with Gasteiger partial charge in [-0.3, -0.25) is 9.59 Å². The average molecular weight is 278 g/mol. The van der Waals surface area contributed by atoms with Crippen LogP contribution in [-0.4, -0.2) is 43.8 Å². The molecule has 2 aliphatic rings. The zero-order valence-corrected chi connectivity index (χ0v) is 10.5. The number of primary amides is 1. The van der Waals surface area contributed by atoms with E-state index in [4.69, 9.17) is 13.6 Å². The summed E-state index contributed by atoms with van der Waals surface area (Å²) < 4.78 is 28.0. The summed E-state index contributed by atoms with van der Waals surface area (Å²) >= 11 is 0. The van der Waals surface area contributed by atoms with Crippen LogP contribution in [0.15, 0.2) is 12.1 Å². The Hall–Kier alpha value is -1.92. The monoisotopic (exact) mass is 278 g/mol. The van der Waals surface area contributed by atoms with Gasteiger partial charge >= 0.3 is 0 Å². The molecule has 1 spiro atoms.